The second kappa shape index (κ2) is 24.0. The van der Waals surface area contributed by atoms with Gasteiger partial charge < -0.3 is 20.3 Å². The molecule has 0 saturated heterocycles. The number of nitrogens with one attached hydrogen (secondary N) is 1. The van der Waals surface area contributed by atoms with Crippen LogP contribution in [0.3, 0.4) is 0 Å². The van der Waals surface area contributed by atoms with Crippen LogP contribution in [0.1, 0.15) is 96.9 Å². The molecule has 0 spiro atoms. The molecule has 0 aliphatic rings. The van der Waals surface area contributed by atoms with Gasteiger partial charge in [0.1, 0.15) is 6.79 Å². The van der Waals surface area contributed by atoms with E-state index in [2.05, 4.69) is 60.7 Å². The van der Waals surface area contributed by atoms with Gasteiger partial charge in [0, 0.05) is 17.1 Å². The van der Waals surface area contributed by atoms with Crippen LogP contribution in [0.5, 0.6) is 0 Å². The van der Waals surface area contributed by atoms with Gasteiger partial charge in [0.2, 0.25) is 0 Å². The van der Waals surface area contributed by atoms with Crippen molar-refractivity contribution in [1.82, 2.24) is 5.32 Å². The maximum absolute atomic E-state index is 10.0. The van der Waals surface area contributed by atoms with Crippen LogP contribution in [-0.2, 0) is 31.5 Å². The molecule has 0 aliphatic heterocycles. The van der Waals surface area contributed by atoms with Crippen molar-refractivity contribution in [1.29, 1.82) is 0 Å². The number of carboxylic acids is 2. The number of hydrogen-bond donors (Lipinski definition) is 3. The molecule has 0 aromatic carbocycles. The zero-order chi connectivity index (χ0) is 29.2. The molecule has 36 heavy (non-hydrogen) atoms. The Morgan fingerprint density at radius 3 is 0.917 bits per heavy atom. The summed E-state index contributed by atoms with van der Waals surface area (Å²) in [5, 5.41) is 20.2. The van der Waals surface area contributed by atoms with E-state index in [1.54, 1.807) is 41.5 Å². The molecule has 0 amide bonds. The molecule has 0 aromatic heterocycles. The van der Waals surface area contributed by atoms with Crippen LogP contribution in [0, 0.1) is 10.8 Å². The molecule has 0 aromatic rings. The third-order valence-corrected chi connectivity index (χ3v) is 11.8. The van der Waals surface area contributed by atoms with Gasteiger partial charge in [0.05, 0.1) is 10.8 Å². The van der Waals surface area contributed by atoms with Gasteiger partial charge in [-0.15, -0.1) is 15.8 Å². The quantitative estimate of drug-likeness (QED) is 0.140. The molecule has 9 heteroatoms. The fourth-order valence-electron chi connectivity index (χ4n) is 2.77. The molecule has 3 N–H and O–H groups in total. The van der Waals surface area contributed by atoms with Crippen molar-refractivity contribution in [2.75, 3.05) is 25.4 Å². The second-order valence-corrected chi connectivity index (χ2v) is 18.8. The van der Waals surface area contributed by atoms with E-state index in [0.717, 1.165) is 22.6 Å². The summed E-state index contributed by atoms with van der Waals surface area (Å²) in [6.07, 6.45) is 2.79. The summed E-state index contributed by atoms with van der Waals surface area (Å²) in [6.45, 7) is 33.6. The maximum atomic E-state index is 10.0. The Kier molecular flexibility index (Phi) is 30.6. The molecule has 220 valence electrons. The largest absolute Gasteiger partial charge is 0.481 e. The predicted molar refractivity (Wildman–Crippen MR) is 158 cm³/mol. The van der Waals surface area contributed by atoms with E-state index in [4.69, 9.17) is 15.0 Å². The fraction of sp³-hybridized carbons (Fsp3) is 0.889. The van der Waals surface area contributed by atoms with Gasteiger partial charge in [-0.25, -0.2) is 0 Å². The van der Waals surface area contributed by atoms with E-state index in [9.17, 15) is 9.59 Å². The van der Waals surface area contributed by atoms with E-state index in [-0.39, 0.29) is 32.9 Å². The molecule has 6 nitrogen and oxygen atoms in total. The van der Waals surface area contributed by atoms with Crippen LogP contribution < -0.4 is 5.32 Å². The minimum Gasteiger partial charge on any atom is -0.481 e. The fourth-order valence-corrected chi connectivity index (χ4v) is 8.05. The van der Waals surface area contributed by atoms with E-state index in [1.807, 2.05) is 6.79 Å². The Morgan fingerprint density at radius 1 is 0.639 bits per heavy atom. The molecule has 0 rings (SSSR count). The summed E-state index contributed by atoms with van der Waals surface area (Å²) < 4.78 is 0. The van der Waals surface area contributed by atoms with Crippen LogP contribution in [0.25, 0.3) is 0 Å². The summed E-state index contributed by atoms with van der Waals surface area (Å²) in [4.78, 5) is 28.0. The molecular weight excluding hydrogens is 536 g/mol. The van der Waals surface area contributed by atoms with Crippen molar-refractivity contribution in [2.45, 2.75) is 120 Å². The Balaban J connectivity index is -0.000000155. The van der Waals surface area contributed by atoms with E-state index in [1.165, 1.54) is 25.4 Å². The van der Waals surface area contributed by atoms with Gasteiger partial charge in [-0.2, -0.15) is 0 Å². The first-order chi connectivity index (χ1) is 15.7. The topological polar surface area (TPSA) is 104 Å². The Bertz CT molecular complexity index is 483. The molecular formula is C27H59FeNO5P2. The Labute approximate surface area is 236 Å². The van der Waals surface area contributed by atoms with Crippen molar-refractivity contribution < 1.29 is 41.7 Å². The molecule has 0 aliphatic carbocycles. The number of carboxylic acid groups (broad SMARTS) is 2. The maximum Gasteiger partial charge on any atom is 0.308 e. The first-order valence-electron chi connectivity index (χ1n) is 12.6. The normalized spacial score (nSPS) is 11.3. The van der Waals surface area contributed by atoms with Crippen molar-refractivity contribution >= 4 is 34.6 Å². The molecule has 0 fully saturated rings. The summed E-state index contributed by atoms with van der Waals surface area (Å²) in [5.74, 6) is -1.51. The van der Waals surface area contributed by atoms with Gasteiger partial charge in [0.15, 0.2) is 0 Å². The third-order valence-electron chi connectivity index (χ3n) is 5.03. The summed E-state index contributed by atoms with van der Waals surface area (Å²) >= 11 is 0. The molecule has 0 radical (unpaired) electrons. The molecule has 0 heterocycles. The van der Waals surface area contributed by atoms with Gasteiger partial charge in [0.25, 0.3) is 0 Å². The van der Waals surface area contributed by atoms with Gasteiger partial charge in [-0.3, -0.25) is 9.59 Å². The summed E-state index contributed by atoms with van der Waals surface area (Å²) in [7, 11) is 0.415. The van der Waals surface area contributed by atoms with Crippen molar-refractivity contribution in [3.8, 4) is 0 Å². The molecule has 0 saturated carbocycles. The smallest absolute Gasteiger partial charge is 0.308 e. The number of aliphatic carboxylic acids is 2. The zero-order valence-corrected chi connectivity index (χ0v) is 28.6. The van der Waals surface area contributed by atoms with Gasteiger partial charge in [-0.1, -0.05) is 55.4 Å². The molecule has 0 atom stereocenters. The zero-order valence-electron chi connectivity index (χ0n) is 25.7. The number of carbonyl (C=O) groups is 3. The van der Waals surface area contributed by atoms with Gasteiger partial charge in [-0.05, 0) is 89.6 Å². The van der Waals surface area contributed by atoms with Crippen LogP contribution >= 0.6 is 15.8 Å². The SMILES string of the molecule is C=O.CC(C)(C)C(=O)O.CC(C)(C)C(=O)O.CC(C)P(CCNCCP(C(C)C)C(C)C)C(C)C.[Fe]. The minimum atomic E-state index is -0.757. The first kappa shape index (κ1) is 45.8. The summed E-state index contributed by atoms with van der Waals surface area (Å²) in [5.41, 5.74) is 2.33. The van der Waals surface area contributed by atoms with Crippen molar-refractivity contribution in [3.05, 3.63) is 0 Å². The van der Waals surface area contributed by atoms with Crippen LogP contribution in [-0.4, -0.2) is 77.0 Å². The number of carbonyl (C=O) groups excluding carboxylic acids is 1. The van der Waals surface area contributed by atoms with E-state index >= 15 is 0 Å². The monoisotopic (exact) mass is 595 g/mol. The number of hydrogen-bond acceptors (Lipinski definition) is 4. The molecule has 0 unspecified atom stereocenters. The Morgan fingerprint density at radius 2 is 0.806 bits per heavy atom. The van der Waals surface area contributed by atoms with Crippen molar-refractivity contribution in [2.24, 2.45) is 10.8 Å². The summed E-state index contributed by atoms with van der Waals surface area (Å²) in [6, 6.07) is 0. The Hall–Kier alpha value is -0.0505. The average molecular weight is 596 g/mol. The van der Waals surface area contributed by atoms with Crippen LogP contribution in [0.4, 0.5) is 0 Å². The van der Waals surface area contributed by atoms with Gasteiger partial charge >= 0.3 is 11.9 Å². The minimum absolute atomic E-state index is 0. The van der Waals surface area contributed by atoms with E-state index < -0.39 is 22.8 Å². The standard InChI is InChI=1S/C16H37NP2.2C5H10O2.CH2O.Fe/c1-13(2)18(14(3)4)11-9-17-10-12-19(15(5)6)16(7)8;2*1-5(2,3)4(6)7;1-2;/h13-17H,9-12H2,1-8H3;2*1-3H3,(H,6,7);1H2;. The number of rotatable bonds is 10. The van der Waals surface area contributed by atoms with Crippen molar-refractivity contribution in [3.63, 3.8) is 0 Å². The molecule has 0 bridgehead atoms. The van der Waals surface area contributed by atoms with Crippen LogP contribution in [0.15, 0.2) is 0 Å². The van der Waals surface area contributed by atoms with Crippen LogP contribution in [0.2, 0.25) is 0 Å². The predicted octanol–water partition coefficient (Wildman–Crippen LogP) is 7.22. The average Bonchev–Trinajstić information content (AvgIpc) is 2.67. The first-order valence-corrected chi connectivity index (χ1v) is 16.0. The third kappa shape index (κ3) is 28.5. The van der Waals surface area contributed by atoms with E-state index in [0.29, 0.717) is 0 Å². The second-order valence-electron chi connectivity index (χ2n) is 11.7.